The molecule has 1 fully saturated rings. The van der Waals surface area contributed by atoms with E-state index in [1.165, 1.54) is 4.90 Å². The largest absolute Gasteiger partial charge is 0.461 e. The van der Waals surface area contributed by atoms with Crippen LogP contribution in [-0.4, -0.2) is 51.3 Å². The Labute approximate surface area is 147 Å². The molecule has 0 aliphatic carbocycles. The monoisotopic (exact) mass is 350 g/mol. The lowest BCUT2D eigenvalue weighted by atomic mass is 9.95. The summed E-state index contributed by atoms with van der Waals surface area (Å²) in [6.45, 7) is 8.61. The highest BCUT2D eigenvalue weighted by molar-refractivity contribution is 5.82. The van der Waals surface area contributed by atoms with Crippen LogP contribution in [0.4, 0.5) is 4.79 Å². The minimum absolute atomic E-state index is 0.00874. The molecule has 1 saturated heterocycles. The van der Waals surface area contributed by atoms with E-state index < -0.39 is 29.3 Å². The molecule has 1 aliphatic heterocycles. The quantitative estimate of drug-likeness (QED) is 0.841. The van der Waals surface area contributed by atoms with Gasteiger partial charge in [-0.2, -0.15) is 0 Å². The molecule has 2 atom stereocenters. The van der Waals surface area contributed by atoms with Gasteiger partial charge >= 0.3 is 12.1 Å². The van der Waals surface area contributed by atoms with Crippen LogP contribution in [-0.2, 0) is 19.9 Å². The van der Waals surface area contributed by atoms with Gasteiger partial charge in [-0.1, -0.05) is 6.07 Å². The van der Waals surface area contributed by atoms with Crippen molar-refractivity contribution in [2.45, 2.75) is 64.4 Å². The van der Waals surface area contributed by atoms with E-state index in [1.54, 1.807) is 59.0 Å². The lowest BCUT2D eigenvalue weighted by Gasteiger charge is -2.28. The molecule has 25 heavy (non-hydrogen) atoms. The van der Waals surface area contributed by atoms with E-state index in [-0.39, 0.29) is 19.1 Å². The zero-order valence-corrected chi connectivity index (χ0v) is 15.4. The molecule has 2 rings (SSSR count). The van der Waals surface area contributed by atoms with E-state index in [1.807, 2.05) is 0 Å². The van der Waals surface area contributed by atoms with E-state index in [9.17, 15) is 14.7 Å². The number of hydrogen-bond donors (Lipinski definition) is 1. The van der Waals surface area contributed by atoms with Crippen LogP contribution >= 0.6 is 0 Å². The predicted molar refractivity (Wildman–Crippen MR) is 90.7 cm³/mol. The molecule has 138 valence electrons. The number of aromatic nitrogens is 1. The number of carbonyl (C=O) groups excluding carboxylic acids is 2. The molecule has 0 saturated carbocycles. The third-order valence-electron chi connectivity index (χ3n) is 3.73. The molecular formula is C18H26N2O5. The van der Waals surface area contributed by atoms with Crippen LogP contribution in [0.25, 0.3) is 0 Å². The molecular weight excluding hydrogens is 324 g/mol. The number of β-amino-alcohol motifs (C(OH)–C–C–N with tert-alkyl or cyclic N) is 1. The molecule has 1 N–H and O–H groups in total. The van der Waals surface area contributed by atoms with Crippen molar-refractivity contribution in [2.75, 3.05) is 6.54 Å². The van der Waals surface area contributed by atoms with E-state index in [4.69, 9.17) is 9.47 Å². The molecule has 1 aromatic heterocycles. The van der Waals surface area contributed by atoms with E-state index in [0.717, 1.165) is 0 Å². The average molecular weight is 350 g/mol. The first-order valence-electron chi connectivity index (χ1n) is 8.36. The molecule has 7 heteroatoms. The number of esters is 1. The van der Waals surface area contributed by atoms with Crippen molar-refractivity contribution < 1.29 is 24.2 Å². The van der Waals surface area contributed by atoms with Gasteiger partial charge in [-0.05, 0) is 46.8 Å². The van der Waals surface area contributed by atoms with Gasteiger partial charge in [0.1, 0.15) is 17.2 Å². The van der Waals surface area contributed by atoms with Gasteiger partial charge in [-0.15, -0.1) is 0 Å². The number of nitrogens with zero attached hydrogens (tertiary/aromatic N) is 2. The fourth-order valence-electron chi connectivity index (χ4n) is 2.74. The Morgan fingerprint density at radius 1 is 1.36 bits per heavy atom. The van der Waals surface area contributed by atoms with Crippen molar-refractivity contribution in [2.24, 2.45) is 0 Å². The predicted octanol–water partition coefficient (Wildman–Crippen LogP) is 2.23. The fourth-order valence-corrected chi connectivity index (χ4v) is 2.74. The summed E-state index contributed by atoms with van der Waals surface area (Å²) in [6.07, 6.45) is 0.585. The Morgan fingerprint density at radius 2 is 2.04 bits per heavy atom. The highest BCUT2D eigenvalue weighted by Crippen LogP contribution is 2.36. The molecule has 0 radical (unpaired) electrons. The zero-order valence-electron chi connectivity index (χ0n) is 15.4. The highest BCUT2D eigenvalue weighted by Gasteiger charge is 2.51. The van der Waals surface area contributed by atoms with Crippen LogP contribution in [0.1, 0.15) is 46.7 Å². The Hall–Kier alpha value is -2.15. The second-order valence-electron chi connectivity index (χ2n) is 7.56. The third-order valence-corrected chi connectivity index (χ3v) is 3.73. The van der Waals surface area contributed by atoms with Crippen LogP contribution < -0.4 is 0 Å². The number of amides is 1. The topological polar surface area (TPSA) is 89.0 Å². The van der Waals surface area contributed by atoms with Crippen molar-refractivity contribution in [3.05, 3.63) is 30.1 Å². The van der Waals surface area contributed by atoms with E-state index in [0.29, 0.717) is 5.69 Å². The fraction of sp³-hybridized carbons (Fsp3) is 0.611. The van der Waals surface area contributed by atoms with Gasteiger partial charge in [0, 0.05) is 12.6 Å². The summed E-state index contributed by atoms with van der Waals surface area (Å²) in [5, 5.41) is 11.0. The number of rotatable bonds is 3. The lowest BCUT2D eigenvalue weighted by molar-refractivity contribution is -0.152. The standard InChI is InChI=1S/C18H26N2O5/c1-12(2)24-15(21)13-10-18(23,14-8-6-7-9-19-14)11-20(13)16(22)25-17(3,4)5/h6-9,12-13,23H,10-11H2,1-5H3/t13-,18-/m0/s1. The van der Waals surface area contributed by atoms with Gasteiger partial charge in [0.15, 0.2) is 0 Å². The van der Waals surface area contributed by atoms with Gasteiger partial charge in [0.05, 0.1) is 18.3 Å². The Balaban J connectivity index is 2.30. The highest BCUT2D eigenvalue weighted by atomic mass is 16.6. The van der Waals surface area contributed by atoms with Gasteiger partial charge < -0.3 is 14.6 Å². The minimum atomic E-state index is -1.43. The molecule has 0 aromatic carbocycles. The first kappa shape index (κ1) is 19.2. The molecule has 1 amide bonds. The molecule has 0 spiro atoms. The van der Waals surface area contributed by atoms with Crippen molar-refractivity contribution in [3.63, 3.8) is 0 Å². The Morgan fingerprint density at radius 3 is 2.56 bits per heavy atom. The summed E-state index contributed by atoms with van der Waals surface area (Å²) < 4.78 is 10.6. The number of likely N-dealkylation sites (tertiary alicyclic amines) is 1. The molecule has 7 nitrogen and oxygen atoms in total. The van der Waals surface area contributed by atoms with Crippen LogP contribution in [0.3, 0.4) is 0 Å². The van der Waals surface area contributed by atoms with Gasteiger partial charge in [0.2, 0.25) is 0 Å². The summed E-state index contributed by atoms with van der Waals surface area (Å²) in [5.41, 5.74) is -1.74. The second-order valence-corrected chi connectivity index (χ2v) is 7.56. The molecule has 1 aromatic rings. The van der Waals surface area contributed by atoms with Gasteiger partial charge in [-0.25, -0.2) is 9.59 Å². The van der Waals surface area contributed by atoms with Crippen molar-refractivity contribution in [1.29, 1.82) is 0 Å². The minimum Gasteiger partial charge on any atom is -0.461 e. The van der Waals surface area contributed by atoms with Crippen LogP contribution in [0.15, 0.2) is 24.4 Å². The number of carbonyl (C=O) groups is 2. The van der Waals surface area contributed by atoms with Crippen molar-refractivity contribution >= 4 is 12.1 Å². The number of ether oxygens (including phenoxy) is 2. The van der Waals surface area contributed by atoms with Gasteiger partial charge in [0.25, 0.3) is 0 Å². The second kappa shape index (κ2) is 7.00. The molecule has 0 bridgehead atoms. The summed E-state index contributed by atoms with van der Waals surface area (Å²) in [5.74, 6) is -0.562. The van der Waals surface area contributed by atoms with Crippen molar-refractivity contribution in [3.8, 4) is 0 Å². The number of hydrogen-bond acceptors (Lipinski definition) is 6. The zero-order chi connectivity index (χ0) is 18.8. The maximum absolute atomic E-state index is 12.5. The number of pyridine rings is 1. The first-order chi connectivity index (χ1) is 11.5. The number of aliphatic hydroxyl groups is 1. The van der Waals surface area contributed by atoms with Crippen molar-refractivity contribution in [1.82, 2.24) is 9.88 Å². The van der Waals surface area contributed by atoms with Crippen LogP contribution in [0, 0.1) is 0 Å². The molecule has 1 aliphatic rings. The summed E-state index contributed by atoms with van der Waals surface area (Å²) >= 11 is 0. The summed E-state index contributed by atoms with van der Waals surface area (Å²) in [7, 11) is 0. The van der Waals surface area contributed by atoms with Crippen LogP contribution in [0.2, 0.25) is 0 Å². The maximum atomic E-state index is 12.5. The lowest BCUT2D eigenvalue weighted by Crippen LogP contribution is -2.45. The smallest absolute Gasteiger partial charge is 0.411 e. The van der Waals surface area contributed by atoms with E-state index >= 15 is 0 Å². The molecule has 0 unspecified atom stereocenters. The van der Waals surface area contributed by atoms with Crippen LogP contribution in [0.5, 0.6) is 0 Å². The third kappa shape index (κ3) is 4.69. The molecule has 2 heterocycles. The first-order valence-corrected chi connectivity index (χ1v) is 8.36. The normalized spacial score (nSPS) is 23.6. The van der Waals surface area contributed by atoms with Gasteiger partial charge in [-0.3, -0.25) is 9.88 Å². The summed E-state index contributed by atoms with van der Waals surface area (Å²) in [4.78, 5) is 30.4. The average Bonchev–Trinajstić information content (AvgIpc) is 2.86. The Kier molecular flexibility index (Phi) is 5.37. The summed E-state index contributed by atoms with van der Waals surface area (Å²) in [6, 6.07) is 4.23. The maximum Gasteiger partial charge on any atom is 0.411 e. The van der Waals surface area contributed by atoms with E-state index in [2.05, 4.69) is 4.98 Å². The SMILES string of the molecule is CC(C)OC(=O)[C@@H]1C[C@@](O)(c2ccccn2)CN1C(=O)OC(C)(C)C. The Bertz CT molecular complexity index is 626.